The molecule has 0 unspecified atom stereocenters. The summed E-state index contributed by atoms with van der Waals surface area (Å²) in [6, 6.07) is 49.8. The molecule has 0 saturated carbocycles. The zero-order chi connectivity index (χ0) is 76.2. The summed E-state index contributed by atoms with van der Waals surface area (Å²) in [5.74, 6) is -2.91. The standard InChI is InChI=1S/C56H70FN3O5.C33H35FN2O5/c1-4-5-6-7-8-9-10-11-12-13-14-15-16-17-18-19-26-32-48(61)33-27-39-58-51(64)42-50(63)41-49(62)38-40-60-54(43(2)3)53(56(65)59-47-30-24-21-25-31-47)52(44-28-22-20-23-29-44)55(60)45-34-36-46(57)37-35-45;1-21(2)31-30(33(41)35-25-11-7-4-8-12-25)29(22-9-5-3-6-10-22)32(23-13-15-24(34)16-14-23)36(31)18-17-26(37)19-27(38)20-28(39)40/h5-6,8-9,11-12,14-15,17-18,20-25,28-31,34-37,43,49-50,62-63H,4,7,10,13,16,19,26-27,32-33,38-42H2,1-3H3,(H,58,64)(H,59,65);3-16,21,26-27,37-38H,17-20H2,1-2H3,(H,35,41)(H,39,40)/b6-5-,9-8-,12-11-,15-14-,18-17-;/t49-,50-;26-,27-/m11/s1. The lowest BCUT2D eigenvalue weighted by Crippen LogP contribution is -2.30. The molecule has 3 amide bonds. The van der Waals surface area contributed by atoms with Crippen molar-refractivity contribution in [3.63, 3.8) is 0 Å². The number of carboxylic acids is 1. The topological polar surface area (TPSA) is 232 Å². The Morgan fingerprint density at radius 3 is 1.20 bits per heavy atom. The number of anilines is 2. The Kier molecular flexibility index (Phi) is 35.0. The molecule has 0 radical (unpaired) electrons. The van der Waals surface area contributed by atoms with E-state index >= 15 is 0 Å². The van der Waals surface area contributed by atoms with Crippen LogP contribution in [-0.2, 0) is 27.5 Å². The minimum Gasteiger partial charge on any atom is -0.481 e. The largest absolute Gasteiger partial charge is 0.481 e. The first-order valence-corrected chi connectivity index (χ1v) is 37.1. The van der Waals surface area contributed by atoms with Crippen LogP contribution in [0.5, 0.6) is 0 Å². The van der Waals surface area contributed by atoms with Gasteiger partial charge in [0.15, 0.2) is 0 Å². The number of aliphatic carboxylic acids is 1. The molecule has 8 rings (SSSR count). The number of halogens is 2. The normalized spacial score (nSPS) is 12.9. The predicted molar refractivity (Wildman–Crippen MR) is 422 cm³/mol. The highest BCUT2D eigenvalue weighted by Gasteiger charge is 2.33. The van der Waals surface area contributed by atoms with Crippen molar-refractivity contribution in [3.8, 4) is 44.8 Å². The van der Waals surface area contributed by atoms with Crippen molar-refractivity contribution < 1.29 is 58.3 Å². The number of aliphatic hydroxyl groups is 4. The quantitative estimate of drug-likeness (QED) is 0.0133. The van der Waals surface area contributed by atoms with Crippen LogP contribution >= 0.6 is 0 Å². The number of aromatic nitrogens is 2. The van der Waals surface area contributed by atoms with Crippen LogP contribution in [0.4, 0.5) is 20.2 Å². The van der Waals surface area contributed by atoms with Crippen molar-refractivity contribution in [2.45, 2.75) is 187 Å². The molecule has 0 saturated heterocycles. The second-order valence-electron chi connectivity index (χ2n) is 27.0. The minimum atomic E-state index is -1.18. The molecule has 106 heavy (non-hydrogen) atoms. The van der Waals surface area contributed by atoms with Gasteiger partial charge >= 0.3 is 5.97 Å². The van der Waals surface area contributed by atoms with E-state index in [9.17, 15) is 53.2 Å². The molecule has 8 aromatic rings. The maximum Gasteiger partial charge on any atom is 0.305 e. The minimum absolute atomic E-state index is 0.0269. The number of para-hydroxylation sites is 2. The van der Waals surface area contributed by atoms with E-state index in [1.807, 2.05) is 158 Å². The SMILES string of the molecule is CC(C)c1c(C(=O)Nc2ccccc2)c(-c2ccccc2)c(-c2ccc(F)cc2)n1CC[C@@H](O)C[C@@H](O)CC(=O)O.CC/C=C\C/C=C\C/C=C\C/C=C\C/C=C\CCCC(=O)CCCNC(=O)C[C@H](O)C[C@H](O)CCn1c(-c2ccc(F)cc2)c(-c2ccccc2)c(C(=O)Nc2ccccc2)c1C(C)C. The predicted octanol–water partition coefficient (Wildman–Crippen LogP) is 18.9. The lowest BCUT2D eigenvalue weighted by atomic mass is 9.94. The third-order valence-corrected chi connectivity index (χ3v) is 17.8. The van der Waals surface area contributed by atoms with Gasteiger partial charge in [-0.3, -0.25) is 24.0 Å². The molecular formula is C89H105F2N5O10. The van der Waals surface area contributed by atoms with E-state index in [2.05, 4.69) is 83.6 Å². The first kappa shape index (κ1) is 83.1. The summed E-state index contributed by atoms with van der Waals surface area (Å²) < 4.78 is 32.3. The molecule has 6 aromatic carbocycles. The van der Waals surface area contributed by atoms with Crippen molar-refractivity contribution in [2.75, 3.05) is 17.2 Å². The fraction of sp³-hybridized carbons (Fsp3) is 0.337. The van der Waals surface area contributed by atoms with Gasteiger partial charge in [0.05, 0.1) is 59.8 Å². The summed E-state index contributed by atoms with van der Waals surface area (Å²) in [4.78, 5) is 64.5. The van der Waals surface area contributed by atoms with Crippen LogP contribution in [0, 0.1) is 11.6 Å². The number of rotatable bonds is 41. The van der Waals surface area contributed by atoms with Gasteiger partial charge in [-0.25, -0.2) is 8.78 Å². The Morgan fingerprint density at radius 1 is 0.443 bits per heavy atom. The maximum absolute atomic E-state index is 14.3. The van der Waals surface area contributed by atoms with Crippen LogP contribution in [-0.4, -0.2) is 95.1 Å². The Bertz CT molecular complexity index is 4180. The number of Topliss-reactive ketones (excluding diaryl/α,β-unsaturated/α-hetero) is 1. The number of unbranched alkanes of at least 4 members (excludes halogenated alkanes) is 1. The number of allylic oxidation sites excluding steroid dienone is 10. The fourth-order valence-electron chi connectivity index (χ4n) is 12.9. The van der Waals surface area contributed by atoms with Gasteiger partial charge in [-0.1, -0.05) is 192 Å². The number of nitrogens with one attached hydrogen (secondary N) is 3. The average Bonchev–Trinajstić information content (AvgIpc) is 1.60. The highest BCUT2D eigenvalue weighted by molar-refractivity contribution is 6.13. The molecule has 0 aliphatic heterocycles. The number of aliphatic hydroxyl groups excluding tert-OH is 4. The highest BCUT2D eigenvalue weighted by Crippen LogP contribution is 2.45. The van der Waals surface area contributed by atoms with Gasteiger partial charge < -0.3 is 50.6 Å². The molecule has 0 aliphatic rings. The van der Waals surface area contributed by atoms with E-state index in [1.54, 1.807) is 24.3 Å². The molecule has 4 atom stereocenters. The van der Waals surface area contributed by atoms with Crippen LogP contribution in [0.3, 0.4) is 0 Å². The number of hydrogen-bond acceptors (Lipinski definition) is 9. The fourth-order valence-corrected chi connectivity index (χ4v) is 12.9. The molecular weight excluding hydrogens is 1340 g/mol. The Morgan fingerprint density at radius 2 is 0.811 bits per heavy atom. The monoisotopic (exact) mass is 1440 g/mol. The number of ketones is 1. The van der Waals surface area contributed by atoms with E-state index in [1.165, 1.54) is 24.3 Å². The number of hydrogen-bond donors (Lipinski definition) is 8. The Labute approximate surface area is 623 Å². The lowest BCUT2D eigenvalue weighted by molar-refractivity contribution is -0.139. The summed E-state index contributed by atoms with van der Waals surface area (Å²) in [6.45, 7) is 11.0. The average molecular weight is 1440 g/mol. The smallest absolute Gasteiger partial charge is 0.305 e. The van der Waals surface area contributed by atoms with Crippen LogP contribution in [0.15, 0.2) is 231 Å². The molecule has 0 bridgehead atoms. The summed E-state index contributed by atoms with van der Waals surface area (Å²) in [5.41, 5.74) is 9.60. The van der Waals surface area contributed by atoms with Crippen LogP contribution in [0.2, 0.25) is 0 Å². The first-order chi connectivity index (χ1) is 51.2. The zero-order valence-electron chi connectivity index (χ0n) is 61.8. The van der Waals surface area contributed by atoms with Crippen LogP contribution in [0.25, 0.3) is 44.8 Å². The number of benzene rings is 6. The van der Waals surface area contributed by atoms with Crippen LogP contribution < -0.4 is 16.0 Å². The van der Waals surface area contributed by atoms with E-state index in [0.717, 1.165) is 67.5 Å². The number of nitrogens with zero attached hydrogens (tertiary/aromatic N) is 2. The molecule has 8 N–H and O–H groups in total. The van der Waals surface area contributed by atoms with Gasteiger partial charge in [0, 0.05) is 66.4 Å². The maximum atomic E-state index is 14.3. The van der Waals surface area contributed by atoms with Gasteiger partial charge in [-0.2, -0.15) is 0 Å². The first-order valence-electron chi connectivity index (χ1n) is 37.1. The van der Waals surface area contributed by atoms with Gasteiger partial charge in [-0.15, -0.1) is 0 Å². The van der Waals surface area contributed by atoms with Crippen molar-refractivity contribution >= 4 is 40.8 Å². The Hall–Kier alpha value is -10.2. The number of amides is 3. The molecule has 0 fully saturated rings. The third-order valence-electron chi connectivity index (χ3n) is 17.8. The van der Waals surface area contributed by atoms with E-state index < -0.39 is 36.8 Å². The second kappa shape index (κ2) is 44.6. The summed E-state index contributed by atoms with van der Waals surface area (Å²) >= 11 is 0. The van der Waals surface area contributed by atoms with Crippen LogP contribution in [0.1, 0.15) is 181 Å². The highest BCUT2D eigenvalue weighted by atomic mass is 19.1. The summed E-state index contributed by atoms with van der Waals surface area (Å²) in [5, 5.41) is 60.7. The molecule has 560 valence electrons. The molecule has 0 spiro atoms. The van der Waals surface area contributed by atoms with Crippen molar-refractivity contribution in [1.29, 1.82) is 0 Å². The van der Waals surface area contributed by atoms with Crippen molar-refractivity contribution in [3.05, 3.63) is 265 Å². The van der Waals surface area contributed by atoms with Gasteiger partial charge in [0.25, 0.3) is 11.8 Å². The Balaban J connectivity index is 0.000000327. The van der Waals surface area contributed by atoms with E-state index in [4.69, 9.17) is 5.11 Å². The van der Waals surface area contributed by atoms with Crippen molar-refractivity contribution in [1.82, 2.24) is 14.5 Å². The molecule has 15 nitrogen and oxygen atoms in total. The molecule has 0 aliphatic carbocycles. The second-order valence-corrected chi connectivity index (χ2v) is 27.0. The van der Waals surface area contributed by atoms with Gasteiger partial charge in [0.2, 0.25) is 5.91 Å². The third kappa shape index (κ3) is 26.8. The van der Waals surface area contributed by atoms with Crippen molar-refractivity contribution in [2.24, 2.45) is 0 Å². The molecule has 2 heterocycles. The number of carbonyl (C=O) groups is 5. The molecule has 17 heteroatoms. The van der Waals surface area contributed by atoms with Gasteiger partial charge in [0.1, 0.15) is 17.4 Å². The van der Waals surface area contributed by atoms with E-state index in [-0.39, 0.29) is 92.2 Å². The lowest BCUT2D eigenvalue weighted by Gasteiger charge is -2.20. The summed E-state index contributed by atoms with van der Waals surface area (Å²) in [7, 11) is 0. The zero-order valence-corrected chi connectivity index (χ0v) is 61.8. The summed E-state index contributed by atoms with van der Waals surface area (Å²) in [6.07, 6.45) is 25.0. The molecule has 2 aromatic heterocycles. The van der Waals surface area contributed by atoms with Gasteiger partial charge in [-0.05, 0) is 184 Å². The number of carbonyl (C=O) groups excluding carboxylic acids is 4. The number of carboxylic acid groups (broad SMARTS) is 1. The van der Waals surface area contributed by atoms with E-state index in [0.29, 0.717) is 82.0 Å².